The molecule has 3 heteroatoms. The highest BCUT2D eigenvalue weighted by Crippen LogP contribution is 2.26. The Kier molecular flexibility index (Phi) is 4.24. The van der Waals surface area contributed by atoms with Crippen molar-refractivity contribution >= 4 is 0 Å². The monoisotopic (exact) mass is 211 g/mol. The van der Waals surface area contributed by atoms with Gasteiger partial charge < -0.3 is 10.8 Å². The van der Waals surface area contributed by atoms with Crippen LogP contribution in [0.25, 0.3) is 0 Å². The van der Waals surface area contributed by atoms with Crippen molar-refractivity contribution in [2.75, 3.05) is 6.54 Å². The van der Waals surface area contributed by atoms with Gasteiger partial charge in [0.2, 0.25) is 0 Å². The summed E-state index contributed by atoms with van der Waals surface area (Å²) in [4.78, 5) is 0. The zero-order chi connectivity index (χ0) is 11.4. The second kappa shape index (κ2) is 5.24. The molecule has 3 N–H and O–H groups in total. The van der Waals surface area contributed by atoms with Gasteiger partial charge in [-0.25, -0.2) is 4.39 Å². The first kappa shape index (κ1) is 12.1. The van der Waals surface area contributed by atoms with Crippen molar-refractivity contribution < 1.29 is 9.50 Å². The Hall–Kier alpha value is -0.930. The summed E-state index contributed by atoms with van der Waals surface area (Å²) in [5.41, 5.74) is 6.72. The van der Waals surface area contributed by atoms with Gasteiger partial charge in [0.25, 0.3) is 0 Å². The summed E-state index contributed by atoms with van der Waals surface area (Å²) in [7, 11) is 0. The third-order valence-electron chi connectivity index (χ3n) is 2.75. The lowest BCUT2D eigenvalue weighted by atomic mass is 9.93. The molecule has 0 aliphatic carbocycles. The number of nitrogens with two attached hydrogens (primary N) is 1. The SMILES string of the molecule is CCC(CN)C(O)c1ccc(C)cc1F. The summed E-state index contributed by atoms with van der Waals surface area (Å²) in [6.45, 7) is 4.12. The van der Waals surface area contributed by atoms with Gasteiger partial charge in [-0.15, -0.1) is 0 Å². The van der Waals surface area contributed by atoms with Gasteiger partial charge in [0.15, 0.2) is 0 Å². The zero-order valence-electron chi connectivity index (χ0n) is 9.20. The predicted octanol–water partition coefficient (Wildman–Crippen LogP) is 2.15. The topological polar surface area (TPSA) is 46.2 Å². The van der Waals surface area contributed by atoms with Crippen LogP contribution in [0.2, 0.25) is 0 Å². The number of halogens is 1. The van der Waals surface area contributed by atoms with E-state index in [1.165, 1.54) is 6.07 Å². The number of aliphatic hydroxyl groups is 1. The Balaban J connectivity index is 2.94. The molecule has 1 aromatic rings. The van der Waals surface area contributed by atoms with Crippen LogP contribution in [-0.2, 0) is 0 Å². The zero-order valence-corrected chi connectivity index (χ0v) is 9.20. The van der Waals surface area contributed by atoms with E-state index in [-0.39, 0.29) is 11.7 Å². The number of benzene rings is 1. The van der Waals surface area contributed by atoms with Crippen molar-refractivity contribution in [3.05, 3.63) is 35.1 Å². The van der Waals surface area contributed by atoms with Crippen LogP contribution in [0, 0.1) is 18.7 Å². The van der Waals surface area contributed by atoms with E-state index in [2.05, 4.69) is 0 Å². The smallest absolute Gasteiger partial charge is 0.129 e. The third kappa shape index (κ3) is 2.76. The average molecular weight is 211 g/mol. The Morgan fingerprint density at radius 2 is 2.13 bits per heavy atom. The van der Waals surface area contributed by atoms with Gasteiger partial charge in [-0.2, -0.15) is 0 Å². The minimum Gasteiger partial charge on any atom is -0.388 e. The Bertz CT molecular complexity index is 323. The second-order valence-electron chi connectivity index (χ2n) is 3.87. The van der Waals surface area contributed by atoms with E-state index in [9.17, 15) is 9.50 Å². The maximum absolute atomic E-state index is 13.5. The second-order valence-corrected chi connectivity index (χ2v) is 3.87. The molecule has 0 bridgehead atoms. The Morgan fingerprint density at radius 1 is 1.47 bits per heavy atom. The molecule has 1 aromatic carbocycles. The van der Waals surface area contributed by atoms with Crippen molar-refractivity contribution in [2.45, 2.75) is 26.4 Å². The molecule has 0 amide bonds. The maximum Gasteiger partial charge on any atom is 0.129 e. The molecular formula is C12H18FNO. The normalized spacial score (nSPS) is 15.0. The average Bonchev–Trinajstić information content (AvgIpc) is 2.19. The summed E-state index contributed by atoms with van der Waals surface area (Å²) in [5.74, 6) is -0.434. The fourth-order valence-corrected chi connectivity index (χ4v) is 1.64. The van der Waals surface area contributed by atoms with Crippen molar-refractivity contribution in [1.29, 1.82) is 0 Å². The van der Waals surface area contributed by atoms with Gasteiger partial charge >= 0.3 is 0 Å². The molecule has 0 saturated heterocycles. The van der Waals surface area contributed by atoms with E-state index in [0.717, 1.165) is 12.0 Å². The van der Waals surface area contributed by atoms with Crippen LogP contribution in [0.1, 0.15) is 30.6 Å². The van der Waals surface area contributed by atoms with E-state index in [1.54, 1.807) is 12.1 Å². The number of hydrogen-bond acceptors (Lipinski definition) is 2. The molecule has 0 radical (unpaired) electrons. The maximum atomic E-state index is 13.5. The lowest BCUT2D eigenvalue weighted by Crippen LogP contribution is -2.22. The van der Waals surface area contributed by atoms with Crippen LogP contribution < -0.4 is 5.73 Å². The summed E-state index contributed by atoms with van der Waals surface area (Å²) in [6, 6.07) is 4.86. The molecule has 1 rings (SSSR count). The molecule has 0 aromatic heterocycles. The number of aryl methyl sites for hydroxylation is 1. The molecule has 2 nitrogen and oxygen atoms in total. The van der Waals surface area contributed by atoms with Crippen molar-refractivity contribution in [1.82, 2.24) is 0 Å². The van der Waals surface area contributed by atoms with Crippen LogP contribution in [0.5, 0.6) is 0 Å². The number of rotatable bonds is 4. The highest BCUT2D eigenvalue weighted by atomic mass is 19.1. The van der Waals surface area contributed by atoms with Crippen LogP contribution in [0.3, 0.4) is 0 Å². The predicted molar refractivity (Wildman–Crippen MR) is 58.9 cm³/mol. The van der Waals surface area contributed by atoms with Gasteiger partial charge in [-0.3, -0.25) is 0 Å². The Morgan fingerprint density at radius 3 is 2.60 bits per heavy atom. The summed E-state index contributed by atoms with van der Waals surface area (Å²) >= 11 is 0. The lowest BCUT2D eigenvalue weighted by molar-refractivity contribution is 0.106. The quantitative estimate of drug-likeness (QED) is 0.801. The highest BCUT2D eigenvalue weighted by Gasteiger charge is 2.20. The van der Waals surface area contributed by atoms with Gasteiger partial charge in [-0.05, 0) is 31.5 Å². The standard InChI is InChI=1S/C12H18FNO/c1-3-9(7-14)12(15)10-5-4-8(2)6-11(10)13/h4-6,9,12,15H,3,7,14H2,1-2H3. The molecule has 0 aliphatic heterocycles. The molecule has 84 valence electrons. The van der Waals surface area contributed by atoms with Gasteiger partial charge in [0.05, 0.1) is 6.10 Å². The van der Waals surface area contributed by atoms with Gasteiger partial charge in [0.1, 0.15) is 5.82 Å². The molecule has 0 aliphatic rings. The van der Waals surface area contributed by atoms with E-state index >= 15 is 0 Å². The highest BCUT2D eigenvalue weighted by molar-refractivity contribution is 5.25. The Labute approximate surface area is 89.9 Å². The molecule has 0 saturated carbocycles. The number of hydrogen-bond donors (Lipinski definition) is 2. The van der Waals surface area contributed by atoms with Crippen molar-refractivity contribution in [3.63, 3.8) is 0 Å². The van der Waals surface area contributed by atoms with Gasteiger partial charge in [0, 0.05) is 11.5 Å². The molecule has 15 heavy (non-hydrogen) atoms. The van der Waals surface area contributed by atoms with Gasteiger partial charge in [-0.1, -0.05) is 19.1 Å². The summed E-state index contributed by atoms with van der Waals surface area (Å²) in [5, 5.41) is 9.93. The lowest BCUT2D eigenvalue weighted by Gasteiger charge is -2.20. The summed E-state index contributed by atoms with van der Waals surface area (Å²) in [6.07, 6.45) is -0.0639. The van der Waals surface area contributed by atoms with Crippen molar-refractivity contribution in [3.8, 4) is 0 Å². The molecular weight excluding hydrogens is 193 g/mol. The van der Waals surface area contributed by atoms with Crippen LogP contribution in [0.4, 0.5) is 4.39 Å². The minimum absolute atomic E-state index is 0.0813. The fourth-order valence-electron chi connectivity index (χ4n) is 1.64. The molecule has 0 spiro atoms. The van der Waals surface area contributed by atoms with E-state index in [4.69, 9.17) is 5.73 Å². The molecule has 2 atom stereocenters. The van der Waals surface area contributed by atoms with Crippen LogP contribution in [0.15, 0.2) is 18.2 Å². The summed E-state index contributed by atoms with van der Waals surface area (Å²) < 4.78 is 13.5. The number of aliphatic hydroxyl groups excluding tert-OH is 1. The first-order valence-electron chi connectivity index (χ1n) is 5.24. The first-order valence-corrected chi connectivity index (χ1v) is 5.24. The van der Waals surface area contributed by atoms with Crippen LogP contribution in [-0.4, -0.2) is 11.7 Å². The van der Waals surface area contributed by atoms with Crippen LogP contribution >= 0.6 is 0 Å². The van der Waals surface area contributed by atoms with E-state index in [1.807, 2.05) is 13.8 Å². The first-order chi connectivity index (χ1) is 7.10. The molecule has 0 heterocycles. The minimum atomic E-state index is -0.805. The van der Waals surface area contributed by atoms with E-state index in [0.29, 0.717) is 12.1 Å². The largest absolute Gasteiger partial charge is 0.388 e. The molecule has 2 unspecified atom stereocenters. The van der Waals surface area contributed by atoms with Crippen molar-refractivity contribution in [2.24, 2.45) is 11.7 Å². The fraction of sp³-hybridized carbons (Fsp3) is 0.500. The third-order valence-corrected chi connectivity index (χ3v) is 2.75. The van der Waals surface area contributed by atoms with E-state index < -0.39 is 6.10 Å². The molecule has 0 fully saturated rings.